The molecule has 4 aliphatic heterocycles. The third-order valence-electron chi connectivity index (χ3n) is 7.41. The van der Waals surface area contributed by atoms with Crippen LogP contribution in [0.25, 0.3) is 0 Å². The molecule has 5 heteroatoms. The van der Waals surface area contributed by atoms with Crippen LogP contribution < -0.4 is 0 Å². The minimum absolute atomic E-state index is 0.0474. The van der Waals surface area contributed by atoms with Crippen molar-refractivity contribution in [3.63, 3.8) is 0 Å². The molecule has 4 heterocycles. The molecule has 6 rings (SSSR count). The van der Waals surface area contributed by atoms with Crippen LogP contribution in [-0.2, 0) is 33.8 Å². The van der Waals surface area contributed by atoms with E-state index in [-0.39, 0.29) is 17.9 Å². The van der Waals surface area contributed by atoms with Gasteiger partial charge in [-0.05, 0) is 30.0 Å². The molecule has 0 radical (unpaired) electrons. The van der Waals surface area contributed by atoms with Crippen molar-refractivity contribution in [3.05, 3.63) is 82.9 Å². The second kappa shape index (κ2) is 6.79. The summed E-state index contributed by atoms with van der Waals surface area (Å²) in [5, 5.41) is 0. The van der Waals surface area contributed by atoms with Gasteiger partial charge in [-0.1, -0.05) is 66.2 Å². The summed E-state index contributed by atoms with van der Waals surface area (Å²) in [4.78, 5) is 30.8. The highest BCUT2D eigenvalue weighted by molar-refractivity contribution is 5.93. The van der Waals surface area contributed by atoms with Crippen molar-refractivity contribution in [2.75, 3.05) is 13.1 Å². The topological polar surface area (TPSA) is 49.9 Å². The minimum atomic E-state index is -0.637. The molecule has 0 aromatic heterocycles. The van der Waals surface area contributed by atoms with Gasteiger partial charge in [-0.3, -0.25) is 9.59 Å². The first kappa shape index (κ1) is 18.8. The predicted octanol–water partition coefficient (Wildman–Crippen LogP) is 2.86. The van der Waals surface area contributed by atoms with E-state index in [2.05, 4.69) is 43.3 Å². The smallest absolute Gasteiger partial charge is 0.230 e. The highest BCUT2D eigenvalue weighted by atomic mass is 16.5. The number of aryl methyl sites for hydroxylation is 1. The van der Waals surface area contributed by atoms with Gasteiger partial charge in [0, 0.05) is 19.6 Å². The molecule has 31 heavy (non-hydrogen) atoms. The van der Waals surface area contributed by atoms with Crippen molar-refractivity contribution in [2.45, 2.75) is 38.1 Å². The molecule has 0 N–H and O–H groups in total. The lowest BCUT2D eigenvalue weighted by Gasteiger charge is -2.27. The first-order valence-corrected chi connectivity index (χ1v) is 11.1. The van der Waals surface area contributed by atoms with Crippen molar-refractivity contribution in [1.29, 1.82) is 0 Å². The van der Waals surface area contributed by atoms with Gasteiger partial charge in [0.25, 0.3) is 0 Å². The zero-order valence-corrected chi connectivity index (χ0v) is 17.7. The number of hydrogen-bond acceptors (Lipinski definition) is 3. The van der Waals surface area contributed by atoms with Crippen LogP contribution in [0.1, 0.15) is 22.3 Å². The zero-order chi connectivity index (χ0) is 21.2. The summed E-state index contributed by atoms with van der Waals surface area (Å²) in [6, 6.07) is 16.6. The summed E-state index contributed by atoms with van der Waals surface area (Å²) in [5.74, 6) is -0.715. The standard InChI is InChI=1S/C26H26N2O3/c1-17-6-8-18(9-7-17)11-13-27-16-26-12-10-21(31-26)22(23(26)25(27)30)24(29)28-14-19-4-2-3-5-20(19)15-28/h2-10,12,21-23H,11,13-16H2,1H3/t21-,22?,23?,26-/m1/s1. The molecular formula is C26H26N2O3. The minimum Gasteiger partial charge on any atom is -0.360 e. The van der Waals surface area contributed by atoms with E-state index in [0.29, 0.717) is 26.2 Å². The Balaban J connectivity index is 1.20. The Morgan fingerprint density at radius 1 is 1.10 bits per heavy atom. The normalized spacial score (nSPS) is 30.2. The van der Waals surface area contributed by atoms with Crippen LogP contribution in [-0.4, -0.2) is 46.4 Å². The summed E-state index contributed by atoms with van der Waals surface area (Å²) in [6.07, 6.45) is 4.56. The van der Waals surface area contributed by atoms with Gasteiger partial charge in [-0.15, -0.1) is 0 Å². The van der Waals surface area contributed by atoms with E-state index in [1.807, 2.05) is 34.1 Å². The molecule has 4 atom stereocenters. The van der Waals surface area contributed by atoms with Crippen LogP contribution in [0.3, 0.4) is 0 Å². The maximum atomic E-state index is 13.6. The number of likely N-dealkylation sites (tertiary alicyclic amines) is 1. The van der Waals surface area contributed by atoms with Gasteiger partial charge < -0.3 is 14.5 Å². The van der Waals surface area contributed by atoms with Crippen LogP contribution >= 0.6 is 0 Å². The lowest BCUT2D eigenvalue weighted by Crippen LogP contribution is -2.44. The van der Waals surface area contributed by atoms with Gasteiger partial charge in [-0.2, -0.15) is 0 Å². The molecule has 2 saturated heterocycles. The van der Waals surface area contributed by atoms with Crippen molar-refractivity contribution >= 4 is 11.8 Å². The Morgan fingerprint density at radius 2 is 1.81 bits per heavy atom. The predicted molar refractivity (Wildman–Crippen MR) is 116 cm³/mol. The number of fused-ring (bicyclic) bond motifs is 2. The molecule has 2 bridgehead atoms. The summed E-state index contributed by atoms with van der Waals surface area (Å²) in [6.45, 7) is 4.50. The fourth-order valence-corrected chi connectivity index (χ4v) is 5.77. The van der Waals surface area contributed by atoms with E-state index in [1.165, 1.54) is 22.3 Å². The molecule has 1 spiro atoms. The van der Waals surface area contributed by atoms with Crippen molar-refractivity contribution in [3.8, 4) is 0 Å². The maximum Gasteiger partial charge on any atom is 0.230 e. The Hall–Kier alpha value is -2.92. The number of amides is 2. The third kappa shape index (κ3) is 2.87. The molecule has 2 amide bonds. The summed E-state index contributed by atoms with van der Waals surface area (Å²) >= 11 is 0. The zero-order valence-electron chi connectivity index (χ0n) is 17.7. The van der Waals surface area contributed by atoms with Gasteiger partial charge in [0.2, 0.25) is 11.8 Å². The number of nitrogens with zero attached hydrogens (tertiary/aromatic N) is 2. The molecule has 2 aromatic carbocycles. The molecule has 2 unspecified atom stereocenters. The average Bonchev–Trinajstić information content (AvgIpc) is 3.52. The average molecular weight is 415 g/mol. The number of ether oxygens (including phenoxy) is 1. The van der Waals surface area contributed by atoms with Crippen LogP contribution in [0.2, 0.25) is 0 Å². The second-order valence-corrected chi connectivity index (χ2v) is 9.36. The van der Waals surface area contributed by atoms with Crippen molar-refractivity contribution in [1.82, 2.24) is 9.80 Å². The van der Waals surface area contributed by atoms with E-state index < -0.39 is 17.4 Å². The maximum absolute atomic E-state index is 13.6. The fourth-order valence-electron chi connectivity index (χ4n) is 5.77. The first-order valence-electron chi connectivity index (χ1n) is 11.1. The SMILES string of the molecule is Cc1ccc(CCN2C[C@@]34C=C[C@@H](O3)C(C(=O)N3Cc5ccccc5C3)C4C2=O)cc1. The molecule has 0 aliphatic carbocycles. The lowest BCUT2D eigenvalue weighted by molar-refractivity contribution is -0.143. The molecule has 2 fully saturated rings. The second-order valence-electron chi connectivity index (χ2n) is 9.36. The van der Waals surface area contributed by atoms with E-state index in [0.717, 1.165) is 6.42 Å². The molecule has 158 valence electrons. The summed E-state index contributed by atoms with van der Waals surface area (Å²) in [5.41, 5.74) is 4.21. The van der Waals surface area contributed by atoms with Crippen LogP contribution in [0.5, 0.6) is 0 Å². The Bertz CT molecular complexity index is 1070. The highest BCUT2D eigenvalue weighted by Gasteiger charge is 2.67. The third-order valence-corrected chi connectivity index (χ3v) is 7.41. The number of carbonyl (C=O) groups excluding carboxylic acids is 2. The summed E-state index contributed by atoms with van der Waals surface area (Å²) in [7, 11) is 0. The first-order chi connectivity index (χ1) is 15.0. The fraction of sp³-hybridized carbons (Fsp3) is 0.385. The van der Waals surface area contributed by atoms with Crippen LogP contribution in [0.4, 0.5) is 0 Å². The van der Waals surface area contributed by atoms with Crippen molar-refractivity contribution < 1.29 is 14.3 Å². The summed E-state index contributed by atoms with van der Waals surface area (Å²) < 4.78 is 6.30. The number of carbonyl (C=O) groups is 2. The van der Waals surface area contributed by atoms with Crippen LogP contribution in [0, 0.1) is 18.8 Å². The van der Waals surface area contributed by atoms with Crippen molar-refractivity contribution in [2.24, 2.45) is 11.8 Å². The molecule has 2 aromatic rings. The molecular weight excluding hydrogens is 388 g/mol. The number of benzene rings is 2. The monoisotopic (exact) mass is 414 g/mol. The van der Waals surface area contributed by atoms with E-state index >= 15 is 0 Å². The number of hydrogen-bond donors (Lipinski definition) is 0. The van der Waals surface area contributed by atoms with Gasteiger partial charge in [0.05, 0.1) is 24.5 Å². The molecule has 0 saturated carbocycles. The van der Waals surface area contributed by atoms with E-state index in [9.17, 15) is 9.59 Å². The van der Waals surface area contributed by atoms with Gasteiger partial charge in [-0.25, -0.2) is 0 Å². The Kier molecular flexibility index (Phi) is 4.12. The Morgan fingerprint density at radius 3 is 2.52 bits per heavy atom. The lowest BCUT2D eigenvalue weighted by atomic mass is 9.76. The quantitative estimate of drug-likeness (QED) is 0.723. The van der Waals surface area contributed by atoms with E-state index in [4.69, 9.17) is 4.74 Å². The number of rotatable bonds is 4. The van der Waals surface area contributed by atoms with Gasteiger partial charge >= 0.3 is 0 Å². The van der Waals surface area contributed by atoms with E-state index in [1.54, 1.807) is 0 Å². The van der Waals surface area contributed by atoms with Gasteiger partial charge in [0.15, 0.2) is 0 Å². The molecule has 5 nitrogen and oxygen atoms in total. The Labute approximate surface area is 182 Å². The largest absolute Gasteiger partial charge is 0.360 e. The molecule has 4 aliphatic rings. The highest BCUT2D eigenvalue weighted by Crippen LogP contribution is 2.52. The van der Waals surface area contributed by atoms with Gasteiger partial charge in [0.1, 0.15) is 5.60 Å². The van der Waals surface area contributed by atoms with Crippen LogP contribution in [0.15, 0.2) is 60.7 Å².